The van der Waals surface area contributed by atoms with E-state index in [1.807, 2.05) is 0 Å². The van der Waals surface area contributed by atoms with Crippen LogP contribution in [0.25, 0.3) is 10.9 Å². The predicted molar refractivity (Wildman–Crippen MR) is 66.1 cm³/mol. The summed E-state index contributed by atoms with van der Waals surface area (Å²) >= 11 is 0. The van der Waals surface area contributed by atoms with Gasteiger partial charge >= 0.3 is 0 Å². The third kappa shape index (κ3) is 1.75. The first-order valence-corrected chi connectivity index (χ1v) is 5.74. The summed E-state index contributed by atoms with van der Waals surface area (Å²) < 4.78 is 0. The minimum absolute atomic E-state index is 0.0649. The Bertz CT molecular complexity index is 672. The first-order chi connectivity index (χ1) is 8.99. The third-order valence-corrected chi connectivity index (χ3v) is 3.34. The van der Waals surface area contributed by atoms with Crippen molar-refractivity contribution >= 4 is 22.7 Å². The Morgan fingerprint density at radius 2 is 2.16 bits per heavy atom. The first-order valence-electron chi connectivity index (χ1n) is 5.74. The van der Waals surface area contributed by atoms with Crippen LogP contribution in [-0.4, -0.2) is 50.7 Å². The number of aromatic nitrogens is 2. The zero-order valence-electron chi connectivity index (χ0n) is 9.96. The molecule has 7 heteroatoms. The van der Waals surface area contributed by atoms with Gasteiger partial charge in [0.25, 0.3) is 11.8 Å². The molecule has 0 saturated carbocycles. The average Bonchev–Trinajstić information content (AvgIpc) is 2.80. The van der Waals surface area contributed by atoms with E-state index >= 15 is 0 Å². The molecule has 0 aliphatic carbocycles. The Hall–Kier alpha value is -2.41. The second kappa shape index (κ2) is 3.79. The van der Waals surface area contributed by atoms with E-state index in [0.717, 1.165) is 10.9 Å². The van der Waals surface area contributed by atoms with Crippen LogP contribution < -0.4 is 5.73 Å². The van der Waals surface area contributed by atoms with Gasteiger partial charge in [-0.1, -0.05) is 0 Å². The maximum Gasteiger partial charge on any atom is 0.254 e. The second-order valence-corrected chi connectivity index (χ2v) is 4.73. The molecule has 2 heterocycles. The molecule has 0 spiro atoms. The van der Waals surface area contributed by atoms with E-state index < -0.39 is 11.5 Å². The number of rotatable bonds is 2. The molecule has 2 amide bonds. The molecule has 19 heavy (non-hydrogen) atoms. The van der Waals surface area contributed by atoms with Gasteiger partial charge in [-0.3, -0.25) is 14.7 Å². The fourth-order valence-corrected chi connectivity index (χ4v) is 2.14. The largest absolute Gasteiger partial charge is 0.377 e. The Kier molecular flexibility index (Phi) is 2.33. The van der Waals surface area contributed by atoms with Crippen molar-refractivity contribution in [2.45, 2.75) is 5.60 Å². The summed E-state index contributed by atoms with van der Waals surface area (Å²) in [5, 5.41) is 17.2. The summed E-state index contributed by atoms with van der Waals surface area (Å²) in [6, 6.07) is 5.14. The van der Waals surface area contributed by atoms with Crippen LogP contribution in [0.4, 0.5) is 0 Å². The summed E-state index contributed by atoms with van der Waals surface area (Å²) in [5.74, 6) is -1.05. The Morgan fingerprint density at radius 3 is 2.84 bits per heavy atom. The Morgan fingerprint density at radius 1 is 1.42 bits per heavy atom. The zero-order valence-corrected chi connectivity index (χ0v) is 9.96. The molecule has 98 valence electrons. The number of aromatic amines is 1. The highest BCUT2D eigenvalue weighted by Crippen LogP contribution is 2.23. The first kappa shape index (κ1) is 11.7. The summed E-state index contributed by atoms with van der Waals surface area (Å²) in [7, 11) is 0. The molecule has 0 atom stereocenters. The number of carbonyl (C=O) groups is 2. The summed E-state index contributed by atoms with van der Waals surface area (Å²) in [4.78, 5) is 24.5. The number of hydrogen-bond donors (Lipinski definition) is 3. The number of nitrogens with zero attached hydrogens (tertiary/aromatic N) is 2. The minimum Gasteiger partial charge on any atom is -0.377 e. The maximum atomic E-state index is 12.1. The summed E-state index contributed by atoms with van der Waals surface area (Å²) in [6.07, 6.45) is 1.63. The number of carbonyl (C=O) groups excluding carboxylic acids is 2. The van der Waals surface area contributed by atoms with Gasteiger partial charge in [-0.25, -0.2) is 0 Å². The molecule has 1 aromatic carbocycles. The van der Waals surface area contributed by atoms with Crippen LogP contribution in [-0.2, 0) is 4.79 Å². The quantitative estimate of drug-likeness (QED) is 0.658. The van der Waals surface area contributed by atoms with Gasteiger partial charge in [-0.2, -0.15) is 5.10 Å². The van der Waals surface area contributed by atoms with Crippen LogP contribution in [0, 0.1) is 0 Å². The van der Waals surface area contributed by atoms with Crippen molar-refractivity contribution < 1.29 is 14.7 Å². The summed E-state index contributed by atoms with van der Waals surface area (Å²) in [5.41, 5.74) is 4.79. The number of benzene rings is 1. The molecular formula is C12H12N4O3. The highest BCUT2D eigenvalue weighted by Gasteiger charge is 2.48. The number of aliphatic hydroxyl groups is 1. The normalized spacial score (nSPS) is 17.2. The minimum atomic E-state index is -1.59. The summed E-state index contributed by atoms with van der Waals surface area (Å²) in [6.45, 7) is -0.130. The molecule has 1 aromatic heterocycles. The van der Waals surface area contributed by atoms with Crippen molar-refractivity contribution in [2.24, 2.45) is 5.73 Å². The molecule has 1 aliphatic rings. The van der Waals surface area contributed by atoms with Crippen molar-refractivity contribution in [3.05, 3.63) is 30.0 Å². The molecule has 0 bridgehead atoms. The molecule has 0 radical (unpaired) electrons. The maximum absolute atomic E-state index is 12.1. The lowest BCUT2D eigenvalue weighted by molar-refractivity contribution is -0.151. The van der Waals surface area contributed by atoms with E-state index in [1.54, 1.807) is 24.4 Å². The van der Waals surface area contributed by atoms with Gasteiger partial charge < -0.3 is 15.7 Å². The Labute approximate surface area is 108 Å². The van der Waals surface area contributed by atoms with Gasteiger partial charge in [0, 0.05) is 10.9 Å². The van der Waals surface area contributed by atoms with Crippen molar-refractivity contribution in [3.8, 4) is 0 Å². The number of primary amides is 1. The number of nitrogens with one attached hydrogen (secondary N) is 1. The van der Waals surface area contributed by atoms with Gasteiger partial charge in [0.2, 0.25) is 0 Å². The average molecular weight is 260 g/mol. The number of fused-ring (bicyclic) bond motifs is 1. The smallest absolute Gasteiger partial charge is 0.254 e. The van der Waals surface area contributed by atoms with E-state index in [0.29, 0.717) is 5.56 Å². The number of hydrogen-bond acceptors (Lipinski definition) is 4. The van der Waals surface area contributed by atoms with Gasteiger partial charge in [0.05, 0.1) is 24.8 Å². The van der Waals surface area contributed by atoms with E-state index in [2.05, 4.69) is 10.2 Å². The highest BCUT2D eigenvalue weighted by atomic mass is 16.3. The zero-order chi connectivity index (χ0) is 13.6. The fourth-order valence-electron chi connectivity index (χ4n) is 2.14. The van der Waals surface area contributed by atoms with E-state index in [1.165, 1.54) is 4.90 Å². The highest BCUT2D eigenvalue weighted by molar-refractivity contribution is 6.00. The topological polar surface area (TPSA) is 112 Å². The SMILES string of the molecule is NC(=O)C1(O)CN(C(=O)c2ccc3[nH]ncc3c2)C1. The van der Waals surface area contributed by atoms with E-state index in [4.69, 9.17) is 5.73 Å². The van der Waals surface area contributed by atoms with Gasteiger partial charge in [-0.05, 0) is 18.2 Å². The van der Waals surface area contributed by atoms with E-state index in [9.17, 15) is 14.7 Å². The molecule has 4 N–H and O–H groups in total. The van der Waals surface area contributed by atoms with Crippen LogP contribution in [0.15, 0.2) is 24.4 Å². The van der Waals surface area contributed by atoms with Gasteiger partial charge in [0.15, 0.2) is 5.60 Å². The number of nitrogens with two attached hydrogens (primary N) is 1. The van der Waals surface area contributed by atoms with Crippen molar-refractivity contribution in [2.75, 3.05) is 13.1 Å². The molecule has 1 saturated heterocycles. The number of likely N-dealkylation sites (tertiary alicyclic amines) is 1. The van der Waals surface area contributed by atoms with Crippen LogP contribution in [0.3, 0.4) is 0 Å². The lowest BCUT2D eigenvalue weighted by Gasteiger charge is -2.44. The van der Waals surface area contributed by atoms with Crippen molar-refractivity contribution in [3.63, 3.8) is 0 Å². The molecular weight excluding hydrogens is 248 g/mol. The standard InChI is InChI=1S/C12H12N4O3/c13-11(18)12(19)5-16(6-12)10(17)7-1-2-9-8(3-7)4-14-15-9/h1-4,19H,5-6H2,(H2,13,18)(H,14,15). The molecule has 7 nitrogen and oxygen atoms in total. The van der Waals surface area contributed by atoms with Crippen LogP contribution in [0.5, 0.6) is 0 Å². The lowest BCUT2D eigenvalue weighted by atomic mass is 9.92. The molecule has 0 unspecified atom stereocenters. The van der Waals surface area contributed by atoms with Crippen LogP contribution in [0.2, 0.25) is 0 Å². The lowest BCUT2D eigenvalue weighted by Crippen LogP contribution is -2.69. The monoisotopic (exact) mass is 260 g/mol. The van der Waals surface area contributed by atoms with Crippen molar-refractivity contribution in [1.29, 1.82) is 0 Å². The third-order valence-electron chi connectivity index (χ3n) is 3.34. The second-order valence-electron chi connectivity index (χ2n) is 4.73. The fraction of sp³-hybridized carbons (Fsp3) is 0.250. The number of H-pyrrole nitrogens is 1. The molecule has 3 rings (SSSR count). The Balaban J connectivity index is 1.80. The molecule has 2 aromatic rings. The molecule has 1 fully saturated rings. The van der Waals surface area contributed by atoms with Crippen LogP contribution >= 0.6 is 0 Å². The predicted octanol–water partition coefficient (Wildman–Crippen LogP) is -0.765. The van der Waals surface area contributed by atoms with Crippen LogP contribution in [0.1, 0.15) is 10.4 Å². The van der Waals surface area contributed by atoms with Crippen molar-refractivity contribution in [1.82, 2.24) is 15.1 Å². The molecule has 1 aliphatic heterocycles. The number of amides is 2. The number of β-amino-alcohol motifs (C(OH)–C–C–N with tert-alkyl or cyclic N) is 1. The van der Waals surface area contributed by atoms with E-state index in [-0.39, 0.29) is 19.0 Å². The van der Waals surface area contributed by atoms with Gasteiger partial charge in [0.1, 0.15) is 0 Å². The van der Waals surface area contributed by atoms with Gasteiger partial charge in [-0.15, -0.1) is 0 Å².